The van der Waals surface area contributed by atoms with Gasteiger partial charge in [0.15, 0.2) is 5.82 Å². The minimum Gasteiger partial charge on any atom is -0.349 e. The van der Waals surface area contributed by atoms with Gasteiger partial charge in [-0.1, -0.05) is 36.4 Å². The number of amides is 1. The summed E-state index contributed by atoms with van der Waals surface area (Å²) < 4.78 is 0. The summed E-state index contributed by atoms with van der Waals surface area (Å²) in [5, 5.41) is 2.66. The van der Waals surface area contributed by atoms with Crippen LogP contribution in [0.1, 0.15) is 5.56 Å². The molecule has 0 spiro atoms. The lowest BCUT2D eigenvalue weighted by Crippen LogP contribution is -2.20. The Kier molecular flexibility index (Phi) is 4.78. The summed E-state index contributed by atoms with van der Waals surface area (Å²) in [6.45, 7) is 3.98. The molecule has 4 heteroatoms. The summed E-state index contributed by atoms with van der Waals surface area (Å²) in [4.78, 5) is 19.9. The van der Waals surface area contributed by atoms with Crippen molar-refractivity contribution in [2.75, 3.05) is 6.54 Å². The Hall–Kier alpha value is -2.75. The van der Waals surface area contributed by atoms with E-state index in [4.69, 9.17) is 0 Å². The highest BCUT2D eigenvalue weighted by atomic mass is 16.1. The van der Waals surface area contributed by atoms with Gasteiger partial charge in [0.25, 0.3) is 0 Å². The van der Waals surface area contributed by atoms with Crippen molar-refractivity contribution in [3.63, 3.8) is 0 Å². The zero-order valence-electron chi connectivity index (χ0n) is 11.0. The molecule has 1 N–H and O–H groups in total. The van der Waals surface area contributed by atoms with Crippen molar-refractivity contribution in [2.45, 2.75) is 0 Å². The number of nitrogens with one attached hydrogen (secondary N) is 1. The zero-order valence-corrected chi connectivity index (χ0v) is 11.0. The third kappa shape index (κ3) is 3.88. The fourth-order valence-corrected chi connectivity index (χ4v) is 1.56. The van der Waals surface area contributed by atoms with Crippen molar-refractivity contribution in [3.05, 3.63) is 67.0 Å². The average Bonchev–Trinajstić information content (AvgIpc) is 2.52. The van der Waals surface area contributed by atoms with E-state index in [1.54, 1.807) is 24.5 Å². The topological polar surface area (TPSA) is 54.9 Å². The highest BCUT2D eigenvalue weighted by molar-refractivity contribution is 5.91. The molecule has 0 atom stereocenters. The Labute approximate surface area is 117 Å². The van der Waals surface area contributed by atoms with Crippen LogP contribution >= 0.6 is 0 Å². The summed E-state index contributed by atoms with van der Waals surface area (Å²) >= 11 is 0. The maximum atomic E-state index is 11.4. The molecule has 1 aromatic carbocycles. The first-order chi connectivity index (χ1) is 9.79. The smallest absolute Gasteiger partial charge is 0.244 e. The van der Waals surface area contributed by atoms with Gasteiger partial charge in [0.1, 0.15) is 0 Å². The Balaban J connectivity index is 2.03. The molecule has 0 saturated carbocycles. The number of hydrogen-bond acceptors (Lipinski definition) is 3. The molecule has 0 saturated heterocycles. The van der Waals surface area contributed by atoms with Gasteiger partial charge in [0, 0.05) is 36.1 Å². The first-order valence-electron chi connectivity index (χ1n) is 6.24. The van der Waals surface area contributed by atoms with Crippen LogP contribution in [0.3, 0.4) is 0 Å². The molecule has 0 aliphatic rings. The summed E-state index contributed by atoms with van der Waals surface area (Å²) in [7, 11) is 0. The van der Waals surface area contributed by atoms with Crippen molar-refractivity contribution in [3.8, 4) is 11.4 Å². The maximum absolute atomic E-state index is 11.4. The second-order valence-electron chi connectivity index (χ2n) is 4.07. The van der Waals surface area contributed by atoms with Crippen LogP contribution in [0.25, 0.3) is 17.5 Å². The summed E-state index contributed by atoms with van der Waals surface area (Å²) in [5.74, 6) is 0.496. The number of carbonyl (C=O) groups is 1. The van der Waals surface area contributed by atoms with Gasteiger partial charge in [0.2, 0.25) is 5.91 Å². The van der Waals surface area contributed by atoms with Crippen LogP contribution in [0.2, 0.25) is 0 Å². The van der Waals surface area contributed by atoms with Crippen LogP contribution < -0.4 is 5.32 Å². The summed E-state index contributed by atoms with van der Waals surface area (Å²) in [6.07, 6.45) is 8.13. The molecule has 100 valence electrons. The molecule has 0 bridgehead atoms. The fraction of sp³-hybridized carbons (Fsp3) is 0.0625. The lowest BCUT2D eigenvalue weighted by Gasteiger charge is -2.00. The van der Waals surface area contributed by atoms with Gasteiger partial charge < -0.3 is 5.32 Å². The molecule has 0 unspecified atom stereocenters. The number of benzene rings is 1. The largest absolute Gasteiger partial charge is 0.349 e. The quantitative estimate of drug-likeness (QED) is 0.667. The second-order valence-corrected chi connectivity index (χ2v) is 4.07. The molecule has 1 aromatic heterocycles. The predicted octanol–water partition coefficient (Wildman–Crippen LogP) is 2.46. The van der Waals surface area contributed by atoms with Gasteiger partial charge in [-0.25, -0.2) is 9.97 Å². The lowest BCUT2D eigenvalue weighted by atomic mass is 10.2. The molecular weight excluding hydrogens is 250 g/mol. The zero-order chi connectivity index (χ0) is 14.2. The summed E-state index contributed by atoms with van der Waals surface area (Å²) in [5.41, 5.74) is 1.74. The Morgan fingerprint density at radius 3 is 2.55 bits per heavy atom. The molecule has 0 aliphatic carbocycles. The maximum Gasteiger partial charge on any atom is 0.244 e. The van der Waals surface area contributed by atoms with E-state index in [1.165, 1.54) is 6.08 Å². The normalized spacial score (nSPS) is 10.4. The number of nitrogens with zero attached hydrogens (tertiary/aromatic N) is 2. The van der Waals surface area contributed by atoms with E-state index in [0.29, 0.717) is 12.4 Å². The molecule has 0 aliphatic heterocycles. The van der Waals surface area contributed by atoms with Gasteiger partial charge in [0.05, 0.1) is 0 Å². The Morgan fingerprint density at radius 1 is 1.20 bits per heavy atom. The van der Waals surface area contributed by atoms with Gasteiger partial charge in [-0.05, 0) is 6.08 Å². The van der Waals surface area contributed by atoms with E-state index in [1.807, 2.05) is 30.3 Å². The van der Waals surface area contributed by atoms with Crippen molar-refractivity contribution < 1.29 is 4.79 Å². The van der Waals surface area contributed by atoms with Gasteiger partial charge in [-0.15, -0.1) is 6.58 Å². The molecule has 4 nitrogen and oxygen atoms in total. The SMILES string of the molecule is C=CCNC(=O)/C=C/c1cnc(-c2ccccc2)nc1. The second kappa shape index (κ2) is 6.99. The molecule has 0 radical (unpaired) electrons. The van der Waals surface area contributed by atoms with E-state index in [0.717, 1.165) is 11.1 Å². The fourth-order valence-electron chi connectivity index (χ4n) is 1.56. The van der Waals surface area contributed by atoms with E-state index >= 15 is 0 Å². The van der Waals surface area contributed by atoms with Crippen molar-refractivity contribution in [1.29, 1.82) is 0 Å². The molecule has 2 aromatic rings. The molecule has 20 heavy (non-hydrogen) atoms. The first-order valence-corrected chi connectivity index (χ1v) is 6.24. The summed E-state index contributed by atoms with van der Waals surface area (Å²) in [6, 6.07) is 9.73. The van der Waals surface area contributed by atoms with Crippen LogP contribution in [0, 0.1) is 0 Å². The van der Waals surface area contributed by atoms with Gasteiger partial charge in [-0.3, -0.25) is 4.79 Å². The van der Waals surface area contributed by atoms with Crippen molar-refractivity contribution in [1.82, 2.24) is 15.3 Å². The first kappa shape index (κ1) is 13.7. The van der Waals surface area contributed by atoms with Gasteiger partial charge >= 0.3 is 0 Å². The van der Waals surface area contributed by atoms with Crippen molar-refractivity contribution in [2.24, 2.45) is 0 Å². The van der Waals surface area contributed by atoms with Crippen molar-refractivity contribution >= 4 is 12.0 Å². The van der Waals surface area contributed by atoms with Crippen LogP contribution in [0.15, 0.2) is 61.5 Å². The average molecular weight is 265 g/mol. The molecule has 0 fully saturated rings. The Morgan fingerprint density at radius 2 is 1.90 bits per heavy atom. The molecule has 1 heterocycles. The molecule has 2 rings (SSSR count). The number of rotatable bonds is 5. The van der Waals surface area contributed by atoms with E-state index in [-0.39, 0.29) is 5.91 Å². The third-order valence-corrected chi connectivity index (χ3v) is 2.55. The highest BCUT2D eigenvalue weighted by Crippen LogP contribution is 2.13. The van der Waals surface area contributed by atoms with Gasteiger partial charge in [-0.2, -0.15) is 0 Å². The third-order valence-electron chi connectivity index (χ3n) is 2.55. The van der Waals surface area contributed by atoms with Crippen LogP contribution in [-0.4, -0.2) is 22.4 Å². The number of aromatic nitrogens is 2. The van der Waals surface area contributed by atoms with Crippen LogP contribution in [-0.2, 0) is 4.79 Å². The lowest BCUT2D eigenvalue weighted by molar-refractivity contribution is -0.116. The minimum atomic E-state index is -0.169. The number of carbonyl (C=O) groups excluding carboxylic acids is 1. The van der Waals surface area contributed by atoms with E-state index < -0.39 is 0 Å². The highest BCUT2D eigenvalue weighted by Gasteiger charge is 1.99. The van der Waals surface area contributed by atoms with E-state index in [9.17, 15) is 4.79 Å². The predicted molar refractivity (Wildman–Crippen MR) is 79.7 cm³/mol. The molecule has 1 amide bonds. The Bertz CT molecular complexity index is 603. The van der Waals surface area contributed by atoms with E-state index in [2.05, 4.69) is 21.9 Å². The van der Waals surface area contributed by atoms with Crippen LogP contribution in [0.5, 0.6) is 0 Å². The molecular formula is C16H15N3O. The minimum absolute atomic E-state index is 0.169. The standard InChI is InChI=1S/C16H15N3O/c1-2-10-17-15(20)9-8-13-11-18-16(19-12-13)14-6-4-3-5-7-14/h2-9,11-12H,1,10H2,(H,17,20)/b9-8+. The monoisotopic (exact) mass is 265 g/mol. The van der Waals surface area contributed by atoms with Crippen LogP contribution in [0.4, 0.5) is 0 Å². The number of hydrogen-bond donors (Lipinski definition) is 1.